The van der Waals surface area contributed by atoms with E-state index in [2.05, 4.69) is 0 Å². The van der Waals surface area contributed by atoms with Crippen LogP contribution in [0.1, 0.15) is 29.4 Å². The lowest BCUT2D eigenvalue weighted by atomic mass is 10.2. The number of aryl methyl sites for hydroxylation is 1. The topological polar surface area (TPSA) is 25.2 Å². The lowest BCUT2D eigenvalue weighted by Crippen LogP contribution is -2.27. The number of thiocarbonyl (C=S) groups is 1. The number of hydrogen-bond donors (Lipinski definition) is 0. The minimum Gasteiger partial charge on any atom is -0.318 e. The van der Waals surface area contributed by atoms with Gasteiger partial charge in [-0.3, -0.25) is 9.69 Å². The molecule has 0 unspecified atom stereocenters. The van der Waals surface area contributed by atoms with Crippen molar-refractivity contribution in [1.29, 1.82) is 0 Å². The molecule has 0 aliphatic carbocycles. The Morgan fingerprint density at radius 1 is 1.22 bits per heavy atom. The van der Waals surface area contributed by atoms with E-state index in [1.807, 2.05) is 26.8 Å². The summed E-state index contributed by atoms with van der Waals surface area (Å²) in [6, 6.07) is 7.06. The fraction of sp³-hybridized carbons (Fsp3) is 0.263. The number of halogens is 3. The first-order valence-corrected chi connectivity index (χ1v) is 9.48. The van der Waals surface area contributed by atoms with E-state index in [9.17, 15) is 18.0 Å². The summed E-state index contributed by atoms with van der Waals surface area (Å²) in [5.41, 5.74) is 2.05. The summed E-state index contributed by atoms with van der Waals surface area (Å²) in [6.07, 6.45) is -2.65. The molecule has 1 aromatic heterocycles. The lowest BCUT2D eigenvalue weighted by molar-refractivity contribution is -0.137. The van der Waals surface area contributed by atoms with E-state index in [-0.39, 0.29) is 5.91 Å². The van der Waals surface area contributed by atoms with Crippen LogP contribution in [0.5, 0.6) is 0 Å². The van der Waals surface area contributed by atoms with E-state index in [4.69, 9.17) is 12.2 Å². The van der Waals surface area contributed by atoms with Gasteiger partial charge in [-0.2, -0.15) is 13.2 Å². The second-order valence-electron chi connectivity index (χ2n) is 6.14. The van der Waals surface area contributed by atoms with Gasteiger partial charge in [-0.15, -0.1) is 0 Å². The first-order valence-electron chi connectivity index (χ1n) is 8.25. The van der Waals surface area contributed by atoms with E-state index in [0.29, 0.717) is 21.5 Å². The minimum atomic E-state index is -4.40. The molecule has 3 rings (SSSR count). The van der Waals surface area contributed by atoms with Gasteiger partial charge in [-0.25, -0.2) is 0 Å². The molecule has 2 aromatic rings. The van der Waals surface area contributed by atoms with Crippen molar-refractivity contribution in [3.05, 3.63) is 57.8 Å². The molecular weight excluding hydrogens is 393 g/mol. The number of alkyl halides is 3. The zero-order valence-corrected chi connectivity index (χ0v) is 16.6. The summed E-state index contributed by atoms with van der Waals surface area (Å²) < 4.78 is 41.4. The Labute approximate surface area is 164 Å². The molecular formula is C19H17F3N2OS2. The van der Waals surface area contributed by atoms with Crippen LogP contribution < -0.4 is 0 Å². The van der Waals surface area contributed by atoms with Crippen molar-refractivity contribution in [2.75, 3.05) is 6.54 Å². The Morgan fingerprint density at radius 2 is 1.93 bits per heavy atom. The molecule has 8 heteroatoms. The predicted molar refractivity (Wildman–Crippen MR) is 106 cm³/mol. The van der Waals surface area contributed by atoms with Crippen molar-refractivity contribution < 1.29 is 18.0 Å². The molecule has 0 radical (unpaired) electrons. The van der Waals surface area contributed by atoms with E-state index < -0.39 is 11.7 Å². The quantitative estimate of drug-likeness (QED) is 0.505. The van der Waals surface area contributed by atoms with E-state index >= 15 is 0 Å². The van der Waals surface area contributed by atoms with E-state index in [1.54, 1.807) is 16.7 Å². The number of carbonyl (C=O) groups is 1. The number of thioether (sulfide) groups is 1. The van der Waals surface area contributed by atoms with Crippen LogP contribution >= 0.6 is 24.0 Å². The van der Waals surface area contributed by atoms with Gasteiger partial charge in [0.1, 0.15) is 4.32 Å². The molecule has 0 bridgehead atoms. The standard InChI is InChI=1S/C19H17F3N2OS2/c1-4-23-17(25)16(27-18(23)26)9-13-8-11(2)24(12(13)3)15-7-5-6-14(10-15)19(20,21)22/h5-10H,4H2,1-3H3/b16-9+. The predicted octanol–water partition coefficient (Wildman–Crippen LogP) is 5.33. The molecule has 1 aliphatic rings. The molecule has 1 fully saturated rings. The second-order valence-corrected chi connectivity index (χ2v) is 7.81. The Morgan fingerprint density at radius 3 is 2.52 bits per heavy atom. The normalized spacial score (nSPS) is 16.7. The van der Waals surface area contributed by atoms with Gasteiger partial charge in [-0.05, 0) is 56.7 Å². The van der Waals surface area contributed by atoms with Gasteiger partial charge >= 0.3 is 6.18 Å². The third-order valence-corrected chi connectivity index (χ3v) is 5.76. The summed E-state index contributed by atoms with van der Waals surface area (Å²) in [5, 5.41) is 0. The number of hydrogen-bond acceptors (Lipinski definition) is 3. The van der Waals surface area contributed by atoms with E-state index in [0.717, 1.165) is 29.1 Å². The highest BCUT2D eigenvalue weighted by atomic mass is 32.2. The first kappa shape index (κ1) is 19.7. The molecule has 0 atom stereocenters. The third kappa shape index (κ3) is 3.68. The van der Waals surface area contributed by atoms with Gasteiger partial charge in [-0.1, -0.05) is 30.0 Å². The van der Waals surface area contributed by atoms with Crippen molar-refractivity contribution in [1.82, 2.24) is 9.47 Å². The average Bonchev–Trinajstić information content (AvgIpc) is 3.02. The smallest absolute Gasteiger partial charge is 0.318 e. The maximum atomic E-state index is 13.0. The number of carbonyl (C=O) groups excluding carboxylic acids is 1. The highest BCUT2D eigenvalue weighted by molar-refractivity contribution is 8.26. The second kappa shape index (κ2) is 7.16. The highest BCUT2D eigenvalue weighted by Crippen LogP contribution is 2.35. The van der Waals surface area contributed by atoms with Crippen LogP contribution in [-0.4, -0.2) is 26.2 Å². The molecule has 1 aliphatic heterocycles. The van der Waals surface area contributed by atoms with Gasteiger partial charge in [0.15, 0.2) is 0 Å². The molecule has 142 valence electrons. The van der Waals surface area contributed by atoms with Crippen LogP contribution in [0.4, 0.5) is 13.2 Å². The summed E-state index contributed by atoms with van der Waals surface area (Å²) in [7, 11) is 0. The number of amides is 1. The Bertz CT molecular complexity index is 960. The van der Waals surface area contributed by atoms with Crippen molar-refractivity contribution in [3.63, 3.8) is 0 Å². The SMILES string of the molecule is CCN1C(=O)/C(=C\c2cc(C)n(-c3cccc(C(F)(F)F)c3)c2C)SC1=S. The van der Waals surface area contributed by atoms with Crippen molar-refractivity contribution in [3.8, 4) is 5.69 Å². The van der Waals surface area contributed by atoms with Crippen LogP contribution in [-0.2, 0) is 11.0 Å². The van der Waals surface area contributed by atoms with Crippen LogP contribution in [0.2, 0.25) is 0 Å². The molecule has 0 N–H and O–H groups in total. The molecule has 0 saturated carbocycles. The molecule has 3 nitrogen and oxygen atoms in total. The third-order valence-electron chi connectivity index (χ3n) is 4.38. The van der Waals surface area contributed by atoms with Gasteiger partial charge < -0.3 is 4.57 Å². The van der Waals surface area contributed by atoms with Crippen molar-refractivity contribution in [2.45, 2.75) is 26.9 Å². The van der Waals surface area contributed by atoms with E-state index in [1.165, 1.54) is 22.7 Å². The largest absolute Gasteiger partial charge is 0.416 e. The summed E-state index contributed by atoms with van der Waals surface area (Å²) in [4.78, 5) is 14.4. The number of aromatic nitrogens is 1. The zero-order valence-electron chi connectivity index (χ0n) is 14.9. The Hall–Kier alpha value is -2.06. The summed E-state index contributed by atoms with van der Waals surface area (Å²) in [6.45, 7) is 6.00. The van der Waals surface area contributed by atoms with Gasteiger partial charge in [0.2, 0.25) is 0 Å². The monoisotopic (exact) mass is 410 g/mol. The molecule has 0 spiro atoms. The first-order chi connectivity index (χ1) is 12.6. The molecule has 27 heavy (non-hydrogen) atoms. The molecule has 1 amide bonds. The Balaban J connectivity index is 2.03. The number of benzene rings is 1. The zero-order chi connectivity index (χ0) is 19.9. The number of nitrogens with zero attached hydrogens (tertiary/aromatic N) is 2. The van der Waals surface area contributed by atoms with Crippen LogP contribution in [0.15, 0.2) is 35.2 Å². The van der Waals surface area contributed by atoms with Gasteiger partial charge in [0.25, 0.3) is 5.91 Å². The molecule has 1 saturated heterocycles. The minimum absolute atomic E-state index is 0.142. The number of likely N-dealkylation sites (N-methyl/N-ethyl adjacent to an activating group) is 1. The Kier molecular flexibility index (Phi) is 5.22. The fourth-order valence-electron chi connectivity index (χ4n) is 3.07. The summed E-state index contributed by atoms with van der Waals surface area (Å²) >= 11 is 6.45. The number of rotatable bonds is 3. The van der Waals surface area contributed by atoms with Crippen LogP contribution in [0.3, 0.4) is 0 Å². The maximum absolute atomic E-state index is 13.0. The van der Waals surface area contributed by atoms with Crippen LogP contribution in [0.25, 0.3) is 11.8 Å². The van der Waals surface area contributed by atoms with Gasteiger partial charge in [0.05, 0.1) is 10.5 Å². The molecule has 1 aromatic carbocycles. The highest BCUT2D eigenvalue weighted by Gasteiger charge is 2.32. The van der Waals surface area contributed by atoms with Crippen molar-refractivity contribution >= 4 is 40.3 Å². The molecule has 2 heterocycles. The summed E-state index contributed by atoms with van der Waals surface area (Å²) in [5.74, 6) is -0.142. The van der Waals surface area contributed by atoms with Crippen molar-refractivity contribution in [2.24, 2.45) is 0 Å². The maximum Gasteiger partial charge on any atom is 0.416 e. The average molecular weight is 410 g/mol. The lowest BCUT2D eigenvalue weighted by Gasteiger charge is -2.13. The fourth-order valence-corrected chi connectivity index (χ4v) is 4.44. The van der Waals surface area contributed by atoms with Gasteiger partial charge in [0, 0.05) is 23.6 Å². The van der Waals surface area contributed by atoms with Crippen LogP contribution in [0, 0.1) is 13.8 Å².